The highest BCUT2D eigenvalue weighted by Gasteiger charge is 2.22. The number of carbonyl (C=O) groups is 1. The highest BCUT2D eigenvalue weighted by atomic mass is 32.1. The normalized spacial score (nSPS) is 15.1. The summed E-state index contributed by atoms with van der Waals surface area (Å²) >= 11 is 1.55. The zero-order chi connectivity index (χ0) is 18.8. The highest BCUT2D eigenvalue weighted by Crippen LogP contribution is 2.42. The smallest absolute Gasteiger partial charge is 0.322 e. The van der Waals surface area contributed by atoms with Crippen molar-refractivity contribution in [3.63, 3.8) is 0 Å². The predicted molar refractivity (Wildman–Crippen MR) is 110 cm³/mol. The van der Waals surface area contributed by atoms with Crippen LogP contribution in [0.2, 0.25) is 0 Å². The molecule has 1 fully saturated rings. The first-order chi connectivity index (χ1) is 13.2. The molecule has 0 atom stereocenters. The Morgan fingerprint density at radius 2 is 1.93 bits per heavy atom. The lowest BCUT2D eigenvalue weighted by Crippen LogP contribution is -2.42. The van der Waals surface area contributed by atoms with Crippen molar-refractivity contribution in [1.29, 1.82) is 0 Å². The van der Waals surface area contributed by atoms with E-state index < -0.39 is 0 Å². The maximum atomic E-state index is 12.6. The zero-order valence-corrected chi connectivity index (χ0v) is 16.0. The second-order valence-corrected chi connectivity index (χ2v) is 7.74. The summed E-state index contributed by atoms with van der Waals surface area (Å²) in [4.78, 5) is 14.3. The molecule has 2 aromatic carbocycles. The molecule has 27 heavy (non-hydrogen) atoms. The number of hydrogen-bond acceptors (Lipinski definition) is 4. The fraction of sp³-hybridized carbons (Fsp3) is 0.286. The molecule has 2 N–H and O–H groups in total. The molecule has 3 aromatic rings. The quantitative estimate of drug-likeness (QED) is 0.698. The molecule has 0 spiro atoms. The van der Waals surface area contributed by atoms with Gasteiger partial charge in [-0.3, -0.25) is 5.32 Å². The number of piperidine rings is 1. The fourth-order valence-corrected chi connectivity index (χ4v) is 4.54. The summed E-state index contributed by atoms with van der Waals surface area (Å²) in [5, 5.41) is 14.4. The van der Waals surface area contributed by atoms with Crippen molar-refractivity contribution < 1.29 is 14.6 Å². The van der Waals surface area contributed by atoms with Gasteiger partial charge >= 0.3 is 6.03 Å². The molecule has 1 aromatic heterocycles. The Hall–Kier alpha value is -2.57. The highest BCUT2D eigenvalue weighted by molar-refractivity contribution is 7.23. The van der Waals surface area contributed by atoms with Crippen LogP contribution >= 0.6 is 11.3 Å². The summed E-state index contributed by atoms with van der Waals surface area (Å²) in [6, 6.07) is 16.1. The minimum absolute atomic E-state index is 0.117. The molecule has 0 saturated carbocycles. The molecule has 1 aliphatic heterocycles. The summed E-state index contributed by atoms with van der Waals surface area (Å²) in [5.41, 5.74) is 2.26. The number of aliphatic hydroxyl groups is 1. The van der Waals surface area contributed by atoms with Crippen molar-refractivity contribution in [1.82, 2.24) is 4.90 Å². The predicted octanol–water partition coefficient (Wildman–Crippen LogP) is 4.57. The molecule has 140 valence electrons. The maximum Gasteiger partial charge on any atom is 0.322 e. The molecule has 1 saturated heterocycles. The average Bonchev–Trinajstić information content (AvgIpc) is 3.11. The van der Waals surface area contributed by atoms with Crippen molar-refractivity contribution in [3.05, 3.63) is 48.5 Å². The minimum atomic E-state index is -0.295. The number of urea groups is 1. The van der Waals surface area contributed by atoms with Gasteiger partial charge < -0.3 is 14.7 Å². The third-order valence-electron chi connectivity index (χ3n) is 4.93. The number of ether oxygens (including phenoxy) is 1. The van der Waals surface area contributed by atoms with Gasteiger partial charge in [-0.05, 0) is 42.2 Å². The number of nitrogens with one attached hydrogen (secondary N) is 1. The summed E-state index contributed by atoms with van der Waals surface area (Å²) in [5.74, 6) is 0.794. The number of benzene rings is 2. The van der Waals surface area contributed by atoms with E-state index in [1.807, 2.05) is 30.3 Å². The lowest BCUT2D eigenvalue weighted by atomic mass is 10.0. The van der Waals surface area contributed by atoms with E-state index in [0.717, 1.165) is 32.0 Å². The van der Waals surface area contributed by atoms with Crippen molar-refractivity contribution in [2.75, 3.05) is 25.5 Å². The number of likely N-dealkylation sites (tertiary alicyclic amines) is 1. The first-order valence-corrected chi connectivity index (χ1v) is 9.87. The summed E-state index contributed by atoms with van der Waals surface area (Å²) in [6.45, 7) is 1.16. The Kier molecular flexibility index (Phi) is 5.01. The van der Waals surface area contributed by atoms with Crippen molar-refractivity contribution >= 4 is 32.5 Å². The van der Waals surface area contributed by atoms with Crippen molar-refractivity contribution in [2.45, 2.75) is 18.9 Å². The number of fused-ring (bicyclic) bond motifs is 1. The van der Waals surface area contributed by atoms with Crippen LogP contribution in [0.3, 0.4) is 0 Å². The van der Waals surface area contributed by atoms with Crippen LogP contribution < -0.4 is 10.1 Å². The number of anilines is 1. The largest absolute Gasteiger partial charge is 0.496 e. The Bertz CT molecular complexity index is 947. The van der Waals surface area contributed by atoms with Crippen LogP contribution in [0.1, 0.15) is 12.8 Å². The van der Waals surface area contributed by atoms with Gasteiger partial charge in [-0.15, -0.1) is 11.3 Å². The van der Waals surface area contributed by atoms with E-state index in [2.05, 4.69) is 23.5 Å². The summed E-state index contributed by atoms with van der Waals surface area (Å²) in [6.07, 6.45) is 0.966. The van der Waals surface area contributed by atoms with Gasteiger partial charge in [-0.25, -0.2) is 4.79 Å². The molecule has 0 aliphatic carbocycles. The molecule has 5 nitrogen and oxygen atoms in total. The second kappa shape index (κ2) is 7.58. The lowest BCUT2D eigenvalue weighted by molar-refractivity contribution is 0.0972. The number of carbonyl (C=O) groups excluding carboxylic acids is 1. The average molecular weight is 382 g/mol. The maximum absolute atomic E-state index is 12.6. The van der Waals surface area contributed by atoms with Crippen LogP contribution in [0.4, 0.5) is 9.80 Å². The van der Waals surface area contributed by atoms with Crippen LogP contribution in [0.15, 0.2) is 48.5 Å². The van der Waals surface area contributed by atoms with Gasteiger partial charge in [0.25, 0.3) is 0 Å². The van der Waals surface area contributed by atoms with Gasteiger partial charge in [0, 0.05) is 23.2 Å². The number of nitrogens with zero attached hydrogens (tertiary/aromatic N) is 1. The monoisotopic (exact) mass is 382 g/mol. The van der Waals surface area contributed by atoms with Gasteiger partial charge in [-0.2, -0.15) is 0 Å². The summed E-state index contributed by atoms with van der Waals surface area (Å²) < 4.78 is 6.61. The number of aliphatic hydroxyl groups excluding tert-OH is 1. The van der Waals surface area contributed by atoms with E-state index in [1.165, 1.54) is 0 Å². The minimum Gasteiger partial charge on any atom is -0.496 e. The molecule has 0 bridgehead atoms. The van der Waals surface area contributed by atoms with Gasteiger partial charge in [0.15, 0.2) is 0 Å². The molecule has 0 radical (unpaired) electrons. The topological polar surface area (TPSA) is 61.8 Å². The number of thiophene rings is 1. The SMILES string of the molecule is COc1ccc(-c2ccccc2)c2sc(NC(=O)N3CCC(O)CC3)cc12. The number of hydrogen-bond donors (Lipinski definition) is 2. The lowest BCUT2D eigenvalue weighted by Gasteiger charge is -2.29. The van der Waals surface area contributed by atoms with Gasteiger partial charge in [0.1, 0.15) is 5.75 Å². The molecule has 2 heterocycles. The molecule has 1 aliphatic rings. The van der Waals surface area contributed by atoms with Crippen molar-refractivity contribution in [3.8, 4) is 16.9 Å². The standard InChI is InChI=1S/C21H22N2O3S/c1-26-18-8-7-16(14-5-3-2-4-6-14)20-17(18)13-19(27-20)22-21(25)23-11-9-15(24)10-12-23/h2-8,13,15,24H,9-12H2,1H3,(H,22,25). The van der Waals surface area contributed by atoms with E-state index >= 15 is 0 Å². The first-order valence-electron chi connectivity index (χ1n) is 9.05. The Morgan fingerprint density at radius 1 is 1.19 bits per heavy atom. The zero-order valence-electron chi connectivity index (χ0n) is 15.1. The van der Waals surface area contributed by atoms with E-state index in [9.17, 15) is 9.90 Å². The van der Waals surface area contributed by atoms with Crippen molar-refractivity contribution in [2.24, 2.45) is 0 Å². The van der Waals surface area contributed by atoms with Crippen LogP contribution in [-0.4, -0.2) is 42.3 Å². The van der Waals surface area contributed by atoms with E-state index in [4.69, 9.17) is 4.74 Å². The molecule has 2 amide bonds. The Morgan fingerprint density at radius 3 is 2.63 bits per heavy atom. The molecule has 0 unspecified atom stereocenters. The number of methoxy groups -OCH3 is 1. The number of rotatable bonds is 3. The van der Waals surface area contributed by atoms with E-state index in [0.29, 0.717) is 25.9 Å². The van der Waals surface area contributed by atoms with Crippen LogP contribution in [-0.2, 0) is 0 Å². The Labute approximate surface area is 162 Å². The molecular weight excluding hydrogens is 360 g/mol. The first kappa shape index (κ1) is 17.8. The van der Waals surface area contributed by atoms with E-state index in [-0.39, 0.29) is 12.1 Å². The summed E-state index contributed by atoms with van der Waals surface area (Å²) in [7, 11) is 1.66. The van der Waals surface area contributed by atoms with Crippen LogP contribution in [0.25, 0.3) is 21.2 Å². The van der Waals surface area contributed by atoms with Gasteiger partial charge in [-0.1, -0.05) is 30.3 Å². The van der Waals surface area contributed by atoms with Gasteiger partial charge in [0.2, 0.25) is 0 Å². The van der Waals surface area contributed by atoms with Crippen LogP contribution in [0, 0.1) is 0 Å². The fourth-order valence-electron chi connectivity index (χ4n) is 3.44. The molecule has 4 rings (SSSR count). The molecule has 6 heteroatoms. The second-order valence-electron chi connectivity index (χ2n) is 6.68. The Balaban J connectivity index is 1.65. The molecular formula is C21H22N2O3S. The van der Waals surface area contributed by atoms with E-state index in [1.54, 1.807) is 23.3 Å². The number of amides is 2. The van der Waals surface area contributed by atoms with Gasteiger partial charge in [0.05, 0.1) is 18.2 Å². The third-order valence-corrected chi connectivity index (χ3v) is 6.01. The third kappa shape index (κ3) is 3.63. The van der Waals surface area contributed by atoms with Crippen LogP contribution in [0.5, 0.6) is 5.75 Å².